The molecule has 226 valence electrons. The van der Waals surface area contributed by atoms with E-state index >= 15 is 0 Å². The normalized spacial score (nSPS) is 12.6. The van der Waals surface area contributed by atoms with E-state index in [1.54, 1.807) is 68.6 Å². The SMILES string of the molecule is CCOc1ccccc1N(CC(=O)N(Cc1cccc(OC)c1)C(CC)C(=O)NC(C)CC)S(=O)(=O)c1ccccc1. The van der Waals surface area contributed by atoms with E-state index in [9.17, 15) is 18.0 Å². The van der Waals surface area contributed by atoms with Gasteiger partial charge in [-0.15, -0.1) is 0 Å². The fraction of sp³-hybridized carbons (Fsp3) is 0.375. The molecule has 0 aromatic heterocycles. The van der Waals surface area contributed by atoms with E-state index in [4.69, 9.17) is 9.47 Å². The molecule has 42 heavy (non-hydrogen) atoms. The third-order valence-corrected chi connectivity index (χ3v) is 8.69. The molecule has 0 heterocycles. The molecule has 0 spiro atoms. The van der Waals surface area contributed by atoms with E-state index in [0.717, 1.165) is 16.3 Å². The van der Waals surface area contributed by atoms with Crippen molar-refractivity contribution in [1.29, 1.82) is 0 Å². The van der Waals surface area contributed by atoms with Gasteiger partial charge < -0.3 is 19.7 Å². The summed E-state index contributed by atoms with van der Waals surface area (Å²) in [6.45, 7) is 7.34. The van der Waals surface area contributed by atoms with Crippen LogP contribution in [-0.4, -0.2) is 57.5 Å². The zero-order valence-corrected chi connectivity index (χ0v) is 25.8. The maximum Gasteiger partial charge on any atom is 0.264 e. The minimum Gasteiger partial charge on any atom is -0.497 e. The second-order valence-electron chi connectivity index (χ2n) is 9.84. The summed E-state index contributed by atoms with van der Waals surface area (Å²) in [6, 6.07) is 21.0. The second-order valence-corrected chi connectivity index (χ2v) is 11.7. The Morgan fingerprint density at radius 3 is 2.24 bits per heavy atom. The van der Waals surface area contributed by atoms with Gasteiger partial charge in [0.05, 0.1) is 24.3 Å². The highest BCUT2D eigenvalue weighted by Gasteiger charge is 2.35. The standard InChI is InChI=1S/C32H41N3O6S/c1-6-24(4)33-32(37)28(7-2)34(22-25-15-14-16-26(21-25)40-5)31(36)23-35(29-19-12-13-20-30(29)41-8-3)42(38,39)27-17-10-9-11-18-27/h9-21,24,28H,6-8,22-23H2,1-5H3,(H,33,37). The number of anilines is 1. The highest BCUT2D eigenvalue weighted by atomic mass is 32.2. The first-order chi connectivity index (χ1) is 20.2. The molecular formula is C32H41N3O6S. The highest BCUT2D eigenvalue weighted by Crippen LogP contribution is 2.33. The molecule has 0 aliphatic rings. The van der Waals surface area contributed by atoms with Gasteiger partial charge in [-0.1, -0.05) is 56.3 Å². The average molecular weight is 596 g/mol. The first-order valence-corrected chi connectivity index (χ1v) is 15.6. The molecule has 0 aliphatic carbocycles. The van der Waals surface area contributed by atoms with Crippen LogP contribution in [0.15, 0.2) is 83.8 Å². The number of para-hydroxylation sites is 2. The van der Waals surface area contributed by atoms with Gasteiger partial charge in [0.1, 0.15) is 24.1 Å². The summed E-state index contributed by atoms with van der Waals surface area (Å²) < 4.78 is 40.3. The molecule has 0 saturated heterocycles. The Balaban J connectivity index is 2.11. The van der Waals surface area contributed by atoms with Crippen LogP contribution in [0.2, 0.25) is 0 Å². The summed E-state index contributed by atoms with van der Waals surface area (Å²) >= 11 is 0. The van der Waals surface area contributed by atoms with Crippen molar-refractivity contribution in [3.05, 3.63) is 84.4 Å². The molecule has 0 radical (unpaired) electrons. The van der Waals surface area contributed by atoms with Gasteiger partial charge in [0, 0.05) is 12.6 Å². The number of rotatable bonds is 15. The molecule has 10 heteroatoms. The van der Waals surface area contributed by atoms with Crippen molar-refractivity contribution in [2.75, 3.05) is 24.6 Å². The average Bonchev–Trinajstić information content (AvgIpc) is 3.00. The zero-order valence-electron chi connectivity index (χ0n) is 24.9. The summed E-state index contributed by atoms with van der Waals surface area (Å²) in [5.41, 5.74) is 0.972. The molecule has 0 saturated carbocycles. The van der Waals surface area contributed by atoms with Crippen LogP contribution < -0.4 is 19.1 Å². The Morgan fingerprint density at radius 1 is 0.905 bits per heavy atom. The molecule has 3 rings (SSSR count). The van der Waals surface area contributed by atoms with Crippen LogP contribution in [-0.2, 0) is 26.2 Å². The van der Waals surface area contributed by atoms with Crippen LogP contribution in [0.5, 0.6) is 11.5 Å². The van der Waals surface area contributed by atoms with Gasteiger partial charge in [-0.3, -0.25) is 13.9 Å². The molecule has 0 aliphatic heterocycles. The number of nitrogens with zero attached hydrogens (tertiary/aromatic N) is 2. The van der Waals surface area contributed by atoms with Crippen molar-refractivity contribution in [2.24, 2.45) is 0 Å². The smallest absolute Gasteiger partial charge is 0.264 e. The summed E-state index contributed by atoms with van der Waals surface area (Å²) in [5.74, 6) is 0.106. The fourth-order valence-electron chi connectivity index (χ4n) is 4.50. The zero-order chi connectivity index (χ0) is 30.7. The Bertz CT molecular complexity index is 1430. The van der Waals surface area contributed by atoms with E-state index in [0.29, 0.717) is 24.5 Å². The summed E-state index contributed by atoms with van der Waals surface area (Å²) in [6.07, 6.45) is 1.06. The summed E-state index contributed by atoms with van der Waals surface area (Å²) in [7, 11) is -2.64. The number of hydrogen-bond donors (Lipinski definition) is 1. The molecule has 3 aromatic rings. The van der Waals surface area contributed by atoms with Gasteiger partial charge >= 0.3 is 0 Å². The molecule has 1 N–H and O–H groups in total. The highest BCUT2D eigenvalue weighted by molar-refractivity contribution is 7.92. The van der Waals surface area contributed by atoms with Crippen LogP contribution in [0.25, 0.3) is 0 Å². The number of amides is 2. The van der Waals surface area contributed by atoms with E-state index < -0.39 is 28.5 Å². The first-order valence-electron chi connectivity index (χ1n) is 14.2. The Hall–Kier alpha value is -4.05. The van der Waals surface area contributed by atoms with Crippen LogP contribution in [0.4, 0.5) is 5.69 Å². The molecular weight excluding hydrogens is 554 g/mol. The number of nitrogens with one attached hydrogen (secondary N) is 1. The maximum atomic E-state index is 14.3. The Labute approximate surface area is 249 Å². The first kappa shape index (κ1) is 32.5. The lowest BCUT2D eigenvalue weighted by Gasteiger charge is -2.34. The van der Waals surface area contributed by atoms with Crippen LogP contribution in [0, 0.1) is 0 Å². The topological polar surface area (TPSA) is 105 Å². The van der Waals surface area contributed by atoms with E-state index in [2.05, 4.69) is 5.32 Å². The number of ether oxygens (including phenoxy) is 2. The van der Waals surface area contributed by atoms with Gasteiger partial charge in [-0.05, 0) is 68.7 Å². The van der Waals surface area contributed by atoms with Crippen LogP contribution in [0.1, 0.15) is 46.1 Å². The Kier molecular flexibility index (Phi) is 11.8. The minimum absolute atomic E-state index is 0.0324. The summed E-state index contributed by atoms with van der Waals surface area (Å²) in [4.78, 5) is 29.2. The lowest BCUT2D eigenvalue weighted by molar-refractivity contribution is -0.140. The molecule has 0 bridgehead atoms. The molecule has 2 atom stereocenters. The number of carbonyl (C=O) groups is 2. The molecule has 3 aromatic carbocycles. The van der Waals surface area contributed by atoms with Gasteiger partial charge in [-0.2, -0.15) is 0 Å². The lowest BCUT2D eigenvalue weighted by atomic mass is 10.1. The van der Waals surface area contributed by atoms with Crippen molar-refractivity contribution in [1.82, 2.24) is 10.2 Å². The summed E-state index contributed by atoms with van der Waals surface area (Å²) in [5, 5.41) is 2.98. The minimum atomic E-state index is -4.20. The monoisotopic (exact) mass is 595 g/mol. The molecule has 0 fully saturated rings. The van der Waals surface area contributed by atoms with Gasteiger partial charge in [0.15, 0.2) is 0 Å². The second kappa shape index (κ2) is 15.3. The number of carbonyl (C=O) groups excluding carboxylic acids is 2. The Morgan fingerprint density at radius 2 is 1.60 bits per heavy atom. The van der Waals surface area contributed by atoms with Crippen molar-refractivity contribution < 1.29 is 27.5 Å². The fourth-order valence-corrected chi connectivity index (χ4v) is 5.95. The number of hydrogen-bond acceptors (Lipinski definition) is 6. The maximum absolute atomic E-state index is 14.3. The van der Waals surface area contributed by atoms with Gasteiger partial charge in [0.25, 0.3) is 10.0 Å². The van der Waals surface area contributed by atoms with Crippen molar-refractivity contribution in [3.63, 3.8) is 0 Å². The van der Waals surface area contributed by atoms with E-state index in [1.165, 1.54) is 17.0 Å². The van der Waals surface area contributed by atoms with Crippen molar-refractivity contribution >= 4 is 27.5 Å². The third kappa shape index (κ3) is 8.03. The van der Waals surface area contributed by atoms with Crippen LogP contribution in [0.3, 0.4) is 0 Å². The lowest BCUT2D eigenvalue weighted by Crippen LogP contribution is -2.53. The van der Waals surface area contributed by atoms with Crippen LogP contribution >= 0.6 is 0 Å². The van der Waals surface area contributed by atoms with E-state index in [-0.39, 0.29) is 29.1 Å². The van der Waals surface area contributed by atoms with E-state index in [1.807, 2.05) is 32.9 Å². The van der Waals surface area contributed by atoms with Gasteiger partial charge in [0.2, 0.25) is 11.8 Å². The van der Waals surface area contributed by atoms with Crippen molar-refractivity contribution in [3.8, 4) is 11.5 Å². The predicted octanol–water partition coefficient (Wildman–Crippen LogP) is 5.01. The quantitative estimate of drug-likeness (QED) is 0.265. The number of benzene rings is 3. The van der Waals surface area contributed by atoms with Crippen molar-refractivity contribution in [2.45, 2.75) is 64.1 Å². The largest absolute Gasteiger partial charge is 0.497 e. The number of methoxy groups -OCH3 is 1. The molecule has 9 nitrogen and oxygen atoms in total. The molecule has 2 unspecified atom stereocenters. The predicted molar refractivity (Wildman–Crippen MR) is 164 cm³/mol. The number of sulfonamides is 1. The molecule has 2 amide bonds. The third-order valence-electron chi connectivity index (χ3n) is 6.92. The van der Waals surface area contributed by atoms with Gasteiger partial charge in [-0.25, -0.2) is 8.42 Å².